The molecule has 24 heavy (non-hydrogen) atoms. The molecule has 2 saturated heterocycles. The molecule has 0 spiro atoms. The Morgan fingerprint density at radius 1 is 1.21 bits per heavy atom. The maximum atomic E-state index is 10.5. The lowest BCUT2D eigenvalue weighted by Crippen LogP contribution is -2.44. The van der Waals surface area contributed by atoms with Crippen LogP contribution in [0.1, 0.15) is 23.9 Å². The molecule has 1 aromatic carbocycles. The largest absolute Gasteiger partial charge is 0.390 e. The maximum absolute atomic E-state index is 10.5. The number of likely N-dealkylation sites (tertiary alicyclic amines) is 1. The highest BCUT2D eigenvalue weighted by atomic mass is 32.1. The fourth-order valence-corrected chi connectivity index (χ4v) is 4.90. The monoisotopic (exact) mass is 347 g/mol. The van der Waals surface area contributed by atoms with Gasteiger partial charge < -0.3 is 9.84 Å². The molecule has 1 N–H and O–H groups in total. The topological polar surface area (TPSA) is 48.8 Å². The average Bonchev–Trinajstić information content (AvgIpc) is 3.21. The van der Waals surface area contributed by atoms with Crippen LogP contribution in [-0.4, -0.2) is 71.9 Å². The number of benzene rings is 1. The van der Waals surface area contributed by atoms with Crippen LogP contribution in [-0.2, 0) is 4.74 Å². The van der Waals surface area contributed by atoms with Gasteiger partial charge in [-0.25, -0.2) is 4.98 Å². The highest BCUT2D eigenvalue weighted by Gasteiger charge is 2.30. The number of ether oxygens (including phenoxy) is 1. The average molecular weight is 347 g/mol. The van der Waals surface area contributed by atoms with Gasteiger partial charge in [-0.3, -0.25) is 9.80 Å². The van der Waals surface area contributed by atoms with Crippen molar-refractivity contribution >= 4 is 21.6 Å². The van der Waals surface area contributed by atoms with Gasteiger partial charge in [0.2, 0.25) is 0 Å². The van der Waals surface area contributed by atoms with Crippen molar-refractivity contribution in [3.63, 3.8) is 0 Å². The normalized spacial score (nSPS) is 24.6. The van der Waals surface area contributed by atoms with Crippen molar-refractivity contribution in [2.75, 3.05) is 45.9 Å². The second-order valence-corrected chi connectivity index (χ2v) is 7.80. The molecule has 3 heterocycles. The summed E-state index contributed by atoms with van der Waals surface area (Å²) in [5.74, 6) is 0. The number of para-hydroxylation sites is 1. The molecule has 0 aliphatic carbocycles. The van der Waals surface area contributed by atoms with E-state index in [0.29, 0.717) is 6.04 Å². The minimum Gasteiger partial charge on any atom is -0.390 e. The molecule has 0 saturated carbocycles. The molecular formula is C18H25N3O2S. The molecule has 6 heteroatoms. The Morgan fingerprint density at radius 2 is 2.04 bits per heavy atom. The van der Waals surface area contributed by atoms with Crippen molar-refractivity contribution in [1.29, 1.82) is 0 Å². The van der Waals surface area contributed by atoms with Crippen LogP contribution in [0.4, 0.5) is 0 Å². The number of rotatable bonds is 5. The number of aliphatic hydroxyl groups excluding tert-OH is 1. The van der Waals surface area contributed by atoms with Crippen LogP contribution in [0.2, 0.25) is 0 Å². The summed E-state index contributed by atoms with van der Waals surface area (Å²) in [6.07, 6.45) is 2.02. The summed E-state index contributed by atoms with van der Waals surface area (Å²) >= 11 is 1.80. The molecule has 0 bridgehead atoms. The smallest absolute Gasteiger partial charge is 0.111 e. The van der Waals surface area contributed by atoms with Gasteiger partial charge in [0.15, 0.2) is 0 Å². The number of nitrogens with zero attached hydrogens (tertiary/aromatic N) is 3. The lowest BCUT2D eigenvalue weighted by molar-refractivity contribution is 0.00585. The number of aliphatic hydroxyl groups is 1. The molecule has 0 radical (unpaired) electrons. The van der Waals surface area contributed by atoms with E-state index in [1.165, 1.54) is 16.1 Å². The summed E-state index contributed by atoms with van der Waals surface area (Å²) in [5, 5.41) is 11.7. The Labute approximate surface area is 146 Å². The second-order valence-electron chi connectivity index (χ2n) is 6.74. The lowest BCUT2D eigenvalue weighted by Gasteiger charge is -2.31. The number of morpholine rings is 1. The first-order chi connectivity index (χ1) is 11.8. The molecule has 2 aliphatic rings. The molecule has 2 atom stereocenters. The number of fused-ring (bicyclic) bond motifs is 1. The van der Waals surface area contributed by atoms with Crippen LogP contribution >= 0.6 is 11.3 Å². The van der Waals surface area contributed by atoms with Crippen LogP contribution in [0.5, 0.6) is 0 Å². The van der Waals surface area contributed by atoms with Crippen molar-refractivity contribution in [1.82, 2.24) is 14.8 Å². The number of hydrogen-bond donors (Lipinski definition) is 1. The molecule has 1 aromatic heterocycles. The molecule has 2 fully saturated rings. The Kier molecular flexibility index (Phi) is 5.10. The van der Waals surface area contributed by atoms with E-state index in [-0.39, 0.29) is 6.10 Å². The zero-order valence-electron chi connectivity index (χ0n) is 13.9. The van der Waals surface area contributed by atoms with Gasteiger partial charge in [-0.1, -0.05) is 12.1 Å². The molecule has 2 aromatic rings. The first-order valence-electron chi connectivity index (χ1n) is 8.87. The third-order valence-electron chi connectivity index (χ3n) is 4.98. The first-order valence-corrected chi connectivity index (χ1v) is 9.69. The van der Waals surface area contributed by atoms with Gasteiger partial charge in [0.25, 0.3) is 0 Å². The SMILES string of the molecule is OC(CN1CCOCC1)CN1CCCC1c1nc2ccccc2s1. The summed E-state index contributed by atoms with van der Waals surface area (Å²) < 4.78 is 6.64. The van der Waals surface area contributed by atoms with E-state index in [1.54, 1.807) is 11.3 Å². The summed E-state index contributed by atoms with van der Waals surface area (Å²) in [5.41, 5.74) is 1.10. The molecule has 130 valence electrons. The van der Waals surface area contributed by atoms with Crippen molar-refractivity contribution in [3.8, 4) is 0 Å². The Morgan fingerprint density at radius 3 is 2.88 bits per heavy atom. The molecular weight excluding hydrogens is 322 g/mol. The van der Waals surface area contributed by atoms with Gasteiger partial charge >= 0.3 is 0 Å². The zero-order chi connectivity index (χ0) is 16.4. The van der Waals surface area contributed by atoms with E-state index in [2.05, 4.69) is 28.0 Å². The van der Waals surface area contributed by atoms with Crippen molar-refractivity contribution in [2.24, 2.45) is 0 Å². The van der Waals surface area contributed by atoms with E-state index < -0.39 is 0 Å². The zero-order valence-corrected chi connectivity index (χ0v) is 14.7. The van der Waals surface area contributed by atoms with Gasteiger partial charge in [0.05, 0.1) is 35.6 Å². The van der Waals surface area contributed by atoms with Crippen molar-refractivity contribution in [2.45, 2.75) is 25.0 Å². The molecule has 4 rings (SSSR count). The minimum absolute atomic E-state index is 0.307. The van der Waals surface area contributed by atoms with Crippen molar-refractivity contribution in [3.05, 3.63) is 29.3 Å². The van der Waals surface area contributed by atoms with Gasteiger partial charge in [-0.15, -0.1) is 11.3 Å². The highest BCUT2D eigenvalue weighted by Crippen LogP contribution is 2.36. The van der Waals surface area contributed by atoms with Crippen LogP contribution in [0.3, 0.4) is 0 Å². The van der Waals surface area contributed by atoms with Gasteiger partial charge in [0, 0.05) is 26.2 Å². The van der Waals surface area contributed by atoms with E-state index in [9.17, 15) is 5.11 Å². The summed E-state index contributed by atoms with van der Waals surface area (Å²) in [6, 6.07) is 8.71. The second kappa shape index (κ2) is 7.45. The van der Waals surface area contributed by atoms with E-state index in [0.717, 1.165) is 57.9 Å². The number of β-amino-alcohol motifs (C(OH)–C–C–N with tert-alkyl or cyclic N) is 1. The third kappa shape index (κ3) is 3.63. The van der Waals surface area contributed by atoms with Gasteiger partial charge in [0.1, 0.15) is 5.01 Å². The summed E-state index contributed by atoms with van der Waals surface area (Å²) in [4.78, 5) is 9.56. The number of hydrogen-bond acceptors (Lipinski definition) is 6. The van der Waals surface area contributed by atoms with Crippen LogP contribution in [0.25, 0.3) is 10.2 Å². The molecule has 0 amide bonds. The van der Waals surface area contributed by atoms with E-state index >= 15 is 0 Å². The summed E-state index contributed by atoms with van der Waals surface area (Å²) in [7, 11) is 0. The van der Waals surface area contributed by atoms with Gasteiger partial charge in [-0.2, -0.15) is 0 Å². The predicted octanol–water partition coefficient (Wildman–Crippen LogP) is 2.13. The fourth-order valence-electron chi connectivity index (χ4n) is 3.77. The summed E-state index contributed by atoms with van der Waals surface area (Å²) in [6.45, 7) is 5.96. The minimum atomic E-state index is -0.307. The molecule has 2 aliphatic heterocycles. The Bertz CT molecular complexity index is 638. The number of aromatic nitrogens is 1. The highest BCUT2D eigenvalue weighted by molar-refractivity contribution is 7.18. The van der Waals surface area contributed by atoms with E-state index in [4.69, 9.17) is 9.72 Å². The van der Waals surface area contributed by atoms with Crippen LogP contribution in [0, 0.1) is 0 Å². The Balaban J connectivity index is 1.40. The third-order valence-corrected chi connectivity index (χ3v) is 6.11. The predicted molar refractivity (Wildman–Crippen MR) is 96.4 cm³/mol. The molecule has 5 nitrogen and oxygen atoms in total. The Hall–Kier alpha value is -1.05. The standard InChI is InChI=1S/C18H25N3O2S/c22-14(12-20-8-10-23-11-9-20)13-21-7-3-5-16(21)18-19-15-4-1-2-6-17(15)24-18/h1-2,4,6,14,16,22H,3,5,7-13H2. The first kappa shape index (κ1) is 16.4. The maximum Gasteiger partial charge on any atom is 0.111 e. The molecule has 2 unspecified atom stereocenters. The fraction of sp³-hybridized carbons (Fsp3) is 0.611. The number of thiazole rings is 1. The quantitative estimate of drug-likeness (QED) is 0.898. The van der Waals surface area contributed by atoms with E-state index in [1.807, 2.05) is 6.07 Å². The van der Waals surface area contributed by atoms with Gasteiger partial charge in [-0.05, 0) is 31.5 Å². The van der Waals surface area contributed by atoms with Crippen molar-refractivity contribution < 1.29 is 9.84 Å². The van der Waals surface area contributed by atoms with Crippen LogP contribution < -0.4 is 0 Å². The lowest BCUT2D eigenvalue weighted by atomic mass is 10.2. The van der Waals surface area contributed by atoms with Crippen LogP contribution in [0.15, 0.2) is 24.3 Å².